The van der Waals surface area contributed by atoms with Crippen LogP contribution in [-0.2, 0) is 6.54 Å². The molecule has 2 N–H and O–H groups in total. The fraction of sp³-hybridized carbons (Fsp3) is 0.222. The summed E-state index contributed by atoms with van der Waals surface area (Å²) >= 11 is 0. The molecule has 0 aliphatic rings. The number of nitrogen functional groups attached to an aromatic ring is 1. The van der Waals surface area contributed by atoms with Gasteiger partial charge in [-0.2, -0.15) is 0 Å². The fourth-order valence-electron chi connectivity index (χ4n) is 2.53. The third-order valence-corrected chi connectivity index (χ3v) is 3.63. The largest absolute Gasteiger partial charge is 0.493 e. The lowest BCUT2D eigenvalue weighted by molar-refractivity contribution is 0.321. The minimum absolute atomic E-state index is 0.746. The van der Waals surface area contributed by atoms with Gasteiger partial charge in [-0.05, 0) is 36.2 Å². The molecule has 21 heavy (non-hydrogen) atoms. The number of hydrogen-bond donors (Lipinski definition) is 1. The van der Waals surface area contributed by atoms with Gasteiger partial charge in [-0.1, -0.05) is 31.2 Å². The highest BCUT2D eigenvalue weighted by Crippen LogP contribution is 2.27. The van der Waals surface area contributed by atoms with Crippen molar-refractivity contribution >= 4 is 16.6 Å². The first-order chi connectivity index (χ1) is 10.3. The maximum Gasteiger partial charge on any atom is 0.128 e. The number of anilines is 1. The standard InChI is InChI=1S/C18H20N2O/c1-2-12-21-18-9-5-8-17-15(18)10-11-20(17)13-14-6-3-4-7-16(14)19/h3-11H,2,12-13,19H2,1H3. The van der Waals surface area contributed by atoms with Crippen LogP contribution in [0.4, 0.5) is 5.69 Å². The van der Waals surface area contributed by atoms with Gasteiger partial charge < -0.3 is 15.0 Å². The highest BCUT2D eigenvalue weighted by molar-refractivity contribution is 5.86. The number of ether oxygens (including phenoxy) is 1. The van der Waals surface area contributed by atoms with Crippen LogP contribution in [0.3, 0.4) is 0 Å². The Morgan fingerprint density at radius 2 is 1.90 bits per heavy atom. The molecule has 2 aromatic carbocycles. The number of nitrogens with zero attached hydrogens (tertiary/aromatic N) is 1. The van der Waals surface area contributed by atoms with Crippen LogP contribution in [-0.4, -0.2) is 11.2 Å². The number of aromatic nitrogens is 1. The Labute approximate surface area is 125 Å². The highest BCUT2D eigenvalue weighted by atomic mass is 16.5. The molecule has 0 amide bonds. The van der Waals surface area contributed by atoms with E-state index in [1.807, 2.05) is 30.3 Å². The number of hydrogen-bond acceptors (Lipinski definition) is 2. The second-order valence-corrected chi connectivity index (χ2v) is 5.18. The topological polar surface area (TPSA) is 40.2 Å². The fourth-order valence-corrected chi connectivity index (χ4v) is 2.53. The summed E-state index contributed by atoms with van der Waals surface area (Å²) in [6.07, 6.45) is 3.10. The Kier molecular flexibility index (Phi) is 3.82. The molecular formula is C18H20N2O. The lowest BCUT2D eigenvalue weighted by Gasteiger charge is -2.10. The van der Waals surface area contributed by atoms with Gasteiger partial charge >= 0.3 is 0 Å². The zero-order valence-electron chi connectivity index (χ0n) is 12.3. The molecule has 0 unspecified atom stereocenters. The third kappa shape index (κ3) is 2.72. The van der Waals surface area contributed by atoms with Gasteiger partial charge in [-0.25, -0.2) is 0 Å². The summed E-state index contributed by atoms with van der Waals surface area (Å²) in [6, 6.07) is 16.3. The SMILES string of the molecule is CCCOc1cccc2c1ccn2Cc1ccccc1N. The molecule has 108 valence electrons. The summed E-state index contributed by atoms with van der Waals surface area (Å²) in [5, 5.41) is 1.15. The Morgan fingerprint density at radius 1 is 1.05 bits per heavy atom. The molecule has 3 aromatic rings. The third-order valence-electron chi connectivity index (χ3n) is 3.63. The molecule has 3 heteroatoms. The minimum Gasteiger partial charge on any atom is -0.493 e. The number of nitrogens with two attached hydrogens (primary N) is 1. The monoisotopic (exact) mass is 280 g/mol. The highest BCUT2D eigenvalue weighted by Gasteiger charge is 2.07. The molecule has 0 atom stereocenters. The van der Waals surface area contributed by atoms with Crippen molar-refractivity contribution in [3.63, 3.8) is 0 Å². The van der Waals surface area contributed by atoms with Crippen molar-refractivity contribution in [2.75, 3.05) is 12.3 Å². The number of para-hydroxylation sites is 1. The van der Waals surface area contributed by atoms with Crippen molar-refractivity contribution in [3.8, 4) is 5.75 Å². The van der Waals surface area contributed by atoms with Gasteiger partial charge in [0.15, 0.2) is 0 Å². The van der Waals surface area contributed by atoms with Crippen LogP contribution in [0.25, 0.3) is 10.9 Å². The van der Waals surface area contributed by atoms with E-state index >= 15 is 0 Å². The van der Waals surface area contributed by atoms with Gasteiger partial charge in [-0.15, -0.1) is 0 Å². The lowest BCUT2D eigenvalue weighted by Crippen LogP contribution is -2.01. The first-order valence-corrected chi connectivity index (χ1v) is 7.33. The van der Waals surface area contributed by atoms with Crippen molar-refractivity contribution in [1.29, 1.82) is 0 Å². The molecule has 3 nitrogen and oxygen atoms in total. The van der Waals surface area contributed by atoms with Crippen LogP contribution in [0.2, 0.25) is 0 Å². The summed E-state index contributed by atoms with van der Waals surface area (Å²) in [7, 11) is 0. The predicted octanol–water partition coefficient (Wildman–Crippen LogP) is 4.06. The van der Waals surface area contributed by atoms with E-state index in [-0.39, 0.29) is 0 Å². The minimum atomic E-state index is 0.746. The van der Waals surface area contributed by atoms with Gasteiger partial charge in [0, 0.05) is 23.8 Å². The average Bonchev–Trinajstić information content (AvgIpc) is 2.91. The summed E-state index contributed by atoms with van der Waals surface area (Å²) in [5.74, 6) is 0.953. The molecule has 0 saturated carbocycles. The van der Waals surface area contributed by atoms with E-state index in [1.165, 1.54) is 5.52 Å². The van der Waals surface area contributed by atoms with Crippen molar-refractivity contribution in [3.05, 3.63) is 60.3 Å². The molecule has 0 saturated heterocycles. The molecule has 0 fully saturated rings. The van der Waals surface area contributed by atoms with E-state index in [1.54, 1.807) is 0 Å². The van der Waals surface area contributed by atoms with Crippen LogP contribution in [0.1, 0.15) is 18.9 Å². The first-order valence-electron chi connectivity index (χ1n) is 7.33. The van der Waals surface area contributed by atoms with Crippen molar-refractivity contribution < 1.29 is 4.74 Å². The lowest BCUT2D eigenvalue weighted by atomic mass is 10.2. The molecule has 0 aliphatic carbocycles. The van der Waals surface area contributed by atoms with E-state index in [2.05, 4.69) is 35.9 Å². The van der Waals surface area contributed by atoms with Gasteiger partial charge in [0.1, 0.15) is 5.75 Å². The molecule has 3 rings (SSSR count). The zero-order valence-corrected chi connectivity index (χ0v) is 12.3. The van der Waals surface area contributed by atoms with Crippen LogP contribution in [0.15, 0.2) is 54.7 Å². The Morgan fingerprint density at radius 3 is 2.71 bits per heavy atom. The van der Waals surface area contributed by atoms with Crippen molar-refractivity contribution in [2.24, 2.45) is 0 Å². The van der Waals surface area contributed by atoms with Gasteiger partial charge in [0.25, 0.3) is 0 Å². The van der Waals surface area contributed by atoms with Crippen molar-refractivity contribution in [2.45, 2.75) is 19.9 Å². The second kappa shape index (κ2) is 5.92. The van der Waals surface area contributed by atoms with Crippen molar-refractivity contribution in [1.82, 2.24) is 4.57 Å². The van der Waals surface area contributed by atoms with Crippen LogP contribution < -0.4 is 10.5 Å². The molecular weight excluding hydrogens is 260 g/mol. The quantitative estimate of drug-likeness (QED) is 0.716. The molecule has 0 radical (unpaired) electrons. The van der Waals surface area contributed by atoms with E-state index in [0.717, 1.165) is 42.0 Å². The second-order valence-electron chi connectivity index (χ2n) is 5.18. The normalized spacial score (nSPS) is 10.9. The number of benzene rings is 2. The summed E-state index contributed by atoms with van der Waals surface area (Å²) in [6.45, 7) is 3.63. The molecule has 1 heterocycles. The van der Waals surface area contributed by atoms with Crippen LogP contribution in [0.5, 0.6) is 5.75 Å². The van der Waals surface area contributed by atoms with Crippen LogP contribution >= 0.6 is 0 Å². The van der Waals surface area contributed by atoms with Gasteiger partial charge in [0.2, 0.25) is 0 Å². The van der Waals surface area contributed by atoms with E-state index in [0.29, 0.717) is 0 Å². The summed E-state index contributed by atoms with van der Waals surface area (Å²) < 4.78 is 8.03. The summed E-state index contributed by atoms with van der Waals surface area (Å²) in [4.78, 5) is 0. The predicted molar refractivity (Wildman–Crippen MR) is 87.7 cm³/mol. The summed E-state index contributed by atoms with van der Waals surface area (Å²) in [5.41, 5.74) is 9.18. The van der Waals surface area contributed by atoms with Gasteiger partial charge in [0.05, 0.1) is 12.1 Å². The Hall–Kier alpha value is -2.42. The first kappa shape index (κ1) is 13.6. The molecule has 0 spiro atoms. The molecule has 1 aromatic heterocycles. The number of rotatable bonds is 5. The molecule has 0 bridgehead atoms. The Balaban J connectivity index is 1.95. The number of fused-ring (bicyclic) bond motifs is 1. The van der Waals surface area contributed by atoms with Gasteiger partial charge in [-0.3, -0.25) is 0 Å². The molecule has 0 aliphatic heterocycles. The zero-order chi connectivity index (χ0) is 14.7. The van der Waals surface area contributed by atoms with E-state index < -0.39 is 0 Å². The van der Waals surface area contributed by atoms with E-state index in [4.69, 9.17) is 10.5 Å². The van der Waals surface area contributed by atoms with E-state index in [9.17, 15) is 0 Å². The maximum atomic E-state index is 6.04. The smallest absolute Gasteiger partial charge is 0.128 e. The average molecular weight is 280 g/mol. The Bertz CT molecular complexity index is 746. The maximum absolute atomic E-state index is 6.04. The van der Waals surface area contributed by atoms with Crippen LogP contribution in [0, 0.1) is 0 Å².